The monoisotopic (exact) mass is 267 g/mol. The summed E-state index contributed by atoms with van der Waals surface area (Å²) in [5.41, 5.74) is 1.47. The molecule has 0 aliphatic rings. The second-order valence-electron chi connectivity index (χ2n) is 4.65. The summed E-state index contributed by atoms with van der Waals surface area (Å²) in [7, 11) is 0. The van der Waals surface area contributed by atoms with Crippen LogP contribution in [-0.4, -0.2) is 21.0 Å². The van der Waals surface area contributed by atoms with E-state index in [9.17, 15) is 9.90 Å². The molecule has 5 heteroatoms. The van der Waals surface area contributed by atoms with E-state index in [1.165, 1.54) is 6.92 Å². The van der Waals surface area contributed by atoms with E-state index in [0.717, 1.165) is 27.0 Å². The highest BCUT2D eigenvalue weighted by atomic mass is 16.3. The van der Waals surface area contributed by atoms with Crippen LogP contribution in [0.3, 0.4) is 0 Å². The maximum absolute atomic E-state index is 11.1. The summed E-state index contributed by atoms with van der Waals surface area (Å²) < 4.78 is 0. The zero-order chi connectivity index (χ0) is 14.3. The van der Waals surface area contributed by atoms with Gasteiger partial charge in [-0.25, -0.2) is 9.97 Å². The van der Waals surface area contributed by atoms with Crippen molar-refractivity contribution in [3.05, 3.63) is 35.6 Å². The fraction of sp³-hybridized carbons (Fsp3) is 0.133. The zero-order valence-electron chi connectivity index (χ0n) is 11.1. The molecule has 0 radical (unpaired) electrons. The zero-order valence-corrected chi connectivity index (χ0v) is 11.1. The lowest BCUT2D eigenvalue weighted by atomic mass is 10.0. The van der Waals surface area contributed by atoms with Crippen LogP contribution < -0.4 is 10.5 Å². The van der Waals surface area contributed by atoms with Crippen molar-refractivity contribution in [3.8, 4) is 0 Å². The molecule has 0 unspecified atom stereocenters. The maximum Gasteiger partial charge on any atom is 0.230 e. The summed E-state index contributed by atoms with van der Waals surface area (Å²) >= 11 is 0. The minimum atomic E-state index is -0.209. The molecule has 0 saturated heterocycles. The van der Waals surface area contributed by atoms with Gasteiger partial charge in [0.25, 0.3) is 0 Å². The Morgan fingerprint density at radius 1 is 1.10 bits per heavy atom. The molecule has 2 aromatic carbocycles. The molecule has 0 aliphatic heterocycles. The second kappa shape index (κ2) is 4.45. The van der Waals surface area contributed by atoms with Gasteiger partial charge in [-0.05, 0) is 30.5 Å². The Kier molecular flexibility index (Phi) is 2.75. The lowest BCUT2D eigenvalue weighted by Crippen LogP contribution is -2.11. The number of nitrogens with zero attached hydrogens (tertiary/aromatic N) is 2. The summed E-state index contributed by atoms with van der Waals surface area (Å²) in [5.74, 6) is 0.333. The summed E-state index contributed by atoms with van der Waals surface area (Å²) in [6.45, 7) is 3.07. The average molecular weight is 267 g/mol. The van der Waals surface area contributed by atoms with Crippen molar-refractivity contribution < 1.29 is 9.90 Å². The molecular formula is C15H13N3O2. The molecule has 3 aromatic rings. The van der Waals surface area contributed by atoms with Crippen LogP contribution in [0.4, 0.5) is 5.95 Å². The molecule has 0 saturated carbocycles. The standard InChI is InChI=1S/C15H13N3O2/c1-8(19)10-6-7-13-14-11(10)4-3-5-12(14)17-15(18-13)16-9(2)20/h3-7,19H,1-2H3,(H,16,17,18,20)/b10-8-. The van der Waals surface area contributed by atoms with E-state index < -0.39 is 0 Å². The number of aliphatic hydroxyl groups excluding tert-OH is 1. The highest BCUT2D eigenvalue weighted by molar-refractivity contribution is 6.08. The molecule has 0 bridgehead atoms. The molecule has 1 amide bonds. The van der Waals surface area contributed by atoms with Crippen molar-refractivity contribution in [2.75, 3.05) is 5.32 Å². The van der Waals surface area contributed by atoms with Gasteiger partial charge in [0, 0.05) is 17.5 Å². The van der Waals surface area contributed by atoms with Crippen LogP contribution in [0.1, 0.15) is 13.8 Å². The van der Waals surface area contributed by atoms with Crippen LogP contribution >= 0.6 is 0 Å². The van der Waals surface area contributed by atoms with Gasteiger partial charge in [-0.2, -0.15) is 0 Å². The molecule has 5 nitrogen and oxygen atoms in total. The van der Waals surface area contributed by atoms with Crippen molar-refractivity contribution in [2.24, 2.45) is 0 Å². The number of aliphatic hydroxyl groups is 1. The molecule has 100 valence electrons. The Labute approximate surface area is 114 Å². The van der Waals surface area contributed by atoms with E-state index in [2.05, 4.69) is 15.3 Å². The number of aromatic nitrogens is 2. The lowest BCUT2D eigenvalue weighted by Gasteiger charge is -2.08. The van der Waals surface area contributed by atoms with E-state index in [4.69, 9.17) is 0 Å². The number of hydrogen-bond donors (Lipinski definition) is 2. The van der Waals surface area contributed by atoms with Gasteiger partial charge in [0.15, 0.2) is 0 Å². The highest BCUT2D eigenvalue weighted by Crippen LogP contribution is 2.23. The maximum atomic E-state index is 11.1. The molecule has 20 heavy (non-hydrogen) atoms. The Balaban J connectivity index is 2.43. The molecule has 3 rings (SSSR count). The first kappa shape index (κ1) is 12.3. The van der Waals surface area contributed by atoms with Crippen molar-refractivity contribution in [1.29, 1.82) is 0 Å². The molecule has 1 aromatic heterocycles. The fourth-order valence-corrected chi connectivity index (χ4v) is 2.34. The number of rotatable bonds is 1. The van der Waals surface area contributed by atoms with Crippen molar-refractivity contribution in [3.63, 3.8) is 0 Å². The smallest absolute Gasteiger partial charge is 0.230 e. The van der Waals surface area contributed by atoms with Gasteiger partial charge in [-0.3, -0.25) is 10.1 Å². The van der Waals surface area contributed by atoms with Crippen molar-refractivity contribution in [2.45, 2.75) is 13.8 Å². The minimum Gasteiger partial charge on any atom is -0.512 e. The molecule has 0 spiro atoms. The van der Waals surface area contributed by atoms with E-state index in [-0.39, 0.29) is 17.6 Å². The third-order valence-corrected chi connectivity index (χ3v) is 3.13. The largest absolute Gasteiger partial charge is 0.512 e. The second-order valence-corrected chi connectivity index (χ2v) is 4.65. The Hall–Kier alpha value is -2.69. The predicted molar refractivity (Wildman–Crippen MR) is 78.3 cm³/mol. The number of anilines is 1. The number of carbonyl (C=O) groups excluding carboxylic acids is 1. The Morgan fingerprint density at radius 2 is 1.80 bits per heavy atom. The van der Waals surface area contributed by atoms with Crippen LogP contribution in [0.15, 0.2) is 30.3 Å². The van der Waals surface area contributed by atoms with E-state index in [0.29, 0.717) is 0 Å². The summed E-state index contributed by atoms with van der Waals surface area (Å²) in [6, 6.07) is 9.28. The molecular weight excluding hydrogens is 254 g/mol. The average Bonchev–Trinajstić information content (AvgIpc) is 2.38. The lowest BCUT2D eigenvalue weighted by molar-refractivity contribution is -0.114. The van der Waals surface area contributed by atoms with Gasteiger partial charge in [0.1, 0.15) is 0 Å². The van der Waals surface area contributed by atoms with Crippen molar-refractivity contribution in [1.82, 2.24) is 9.97 Å². The number of benzene rings is 2. The normalized spacial score (nSPS) is 12.7. The Bertz CT molecular complexity index is 864. The fourth-order valence-electron chi connectivity index (χ4n) is 2.34. The first-order chi connectivity index (χ1) is 9.56. The highest BCUT2D eigenvalue weighted by Gasteiger charge is 2.09. The van der Waals surface area contributed by atoms with E-state index in [1.54, 1.807) is 6.92 Å². The minimum absolute atomic E-state index is 0.209. The summed E-state index contributed by atoms with van der Waals surface area (Å²) in [5, 5.41) is 14.9. The summed E-state index contributed by atoms with van der Waals surface area (Å²) in [4.78, 5) is 19.8. The van der Waals surface area contributed by atoms with Gasteiger partial charge in [-0.1, -0.05) is 12.1 Å². The van der Waals surface area contributed by atoms with E-state index in [1.807, 2.05) is 30.3 Å². The third-order valence-electron chi connectivity index (χ3n) is 3.13. The number of carbonyl (C=O) groups is 1. The van der Waals surface area contributed by atoms with Gasteiger partial charge in [0.2, 0.25) is 11.9 Å². The quantitative estimate of drug-likeness (QED) is 0.708. The van der Waals surface area contributed by atoms with E-state index >= 15 is 0 Å². The van der Waals surface area contributed by atoms with Gasteiger partial charge < -0.3 is 5.11 Å². The predicted octanol–water partition coefficient (Wildman–Crippen LogP) is 2.15. The van der Waals surface area contributed by atoms with Gasteiger partial charge >= 0.3 is 0 Å². The number of hydrogen-bond acceptors (Lipinski definition) is 4. The Morgan fingerprint density at radius 3 is 2.45 bits per heavy atom. The third kappa shape index (κ3) is 1.93. The van der Waals surface area contributed by atoms with Crippen LogP contribution in [0.5, 0.6) is 0 Å². The van der Waals surface area contributed by atoms with Gasteiger partial charge in [-0.15, -0.1) is 0 Å². The topological polar surface area (TPSA) is 75.1 Å². The molecule has 0 atom stereocenters. The molecule has 2 N–H and O–H groups in total. The van der Waals surface area contributed by atoms with Gasteiger partial charge in [0.05, 0.1) is 16.8 Å². The number of nitrogens with one attached hydrogen (secondary N) is 1. The SMILES string of the molecule is CC(=O)Nc1nc2cccc3/c(=C(/C)O)ccc(n1)c23. The van der Waals surface area contributed by atoms with Crippen molar-refractivity contribution >= 4 is 39.4 Å². The molecule has 0 fully saturated rings. The molecule has 1 heterocycles. The first-order valence-electron chi connectivity index (χ1n) is 6.23. The van der Waals surface area contributed by atoms with Crippen LogP contribution in [-0.2, 0) is 4.79 Å². The molecule has 0 aliphatic carbocycles. The van der Waals surface area contributed by atoms with Crippen LogP contribution in [0, 0.1) is 0 Å². The van der Waals surface area contributed by atoms with Crippen LogP contribution in [0.25, 0.3) is 27.6 Å². The number of amides is 1. The summed E-state index contributed by atoms with van der Waals surface area (Å²) in [6.07, 6.45) is 0. The first-order valence-corrected chi connectivity index (χ1v) is 6.23. The van der Waals surface area contributed by atoms with Crippen LogP contribution in [0.2, 0.25) is 0 Å².